The van der Waals surface area contributed by atoms with Gasteiger partial charge in [0.2, 0.25) is 0 Å². The van der Waals surface area contributed by atoms with Crippen LogP contribution in [-0.2, 0) is 0 Å². The van der Waals surface area contributed by atoms with E-state index in [4.69, 9.17) is 0 Å². The van der Waals surface area contributed by atoms with Crippen molar-refractivity contribution in [3.05, 3.63) is 0 Å². The Morgan fingerprint density at radius 3 is 1.79 bits per heavy atom. The number of hydrogen-bond donors (Lipinski definition) is 0. The molecule has 86 valence electrons. The monoisotopic (exact) mass is 199 g/mol. The van der Waals surface area contributed by atoms with Crippen LogP contribution in [0.4, 0.5) is 0 Å². The second kappa shape index (κ2) is 5.75. The van der Waals surface area contributed by atoms with Crippen molar-refractivity contribution >= 4 is 0 Å². The van der Waals surface area contributed by atoms with Gasteiger partial charge in [0.15, 0.2) is 0 Å². The van der Waals surface area contributed by atoms with Crippen molar-refractivity contribution < 1.29 is 0 Å². The zero-order valence-electron chi connectivity index (χ0n) is 11.2. The highest BCUT2D eigenvalue weighted by atomic mass is 15.1. The Morgan fingerprint density at radius 2 is 1.50 bits per heavy atom. The highest BCUT2D eigenvalue weighted by Crippen LogP contribution is 2.19. The molecule has 0 aliphatic carbocycles. The van der Waals surface area contributed by atoms with Crippen molar-refractivity contribution in [1.82, 2.24) is 4.90 Å². The minimum absolute atomic E-state index is 0.462. The lowest BCUT2D eigenvalue weighted by Gasteiger charge is -2.31. The predicted molar refractivity (Wildman–Crippen MR) is 65.6 cm³/mol. The van der Waals surface area contributed by atoms with Gasteiger partial charge in [-0.25, -0.2) is 0 Å². The lowest BCUT2D eigenvalue weighted by atomic mass is 9.92. The summed E-state index contributed by atoms with van der Waals surface area (Å²) >= 11 is 0. The third-order valence-electron chi connectivity index (χ3n) is 2.48. The summed E-state index contributed by atoms with van der Waals surface area (Å²) in [5.41, 5.74) is 0.462. The molecule has 0 aromatic rings. The van der Waals surface area contributed by atoms with Crippen molar-refractivity contribution in [2.45, 2.75) is 60.9 Å². The standard InChI is InChI=1S/C13H29N/c1-11(2)10-14(12(3)4)9-8-13(5,6)7/h11-12H,8-10H2,1-7H3. The molecule has 1 nitrogen and oxygen atoms in total. The summed E-state index contributed by atoms with van der Waals surface area (Å²) in [5, 5.41) is 0. The van der Waals surface area contributed by atoms with Crippen LogP contribution < -0.4 is 0 Å². The average molecular weight is 199 g/mol. The predicted octanol–water partition coefficient (Wildman–Crippen LogP) is 3.79. The fraction of sp³-hybridized carbons (Fsp3) is 1.00. The van der Waals surface area contributed by atoms with E-state index >= 15 is 0 Å². The molecule has 0 aromatic carbocycles. The molecule has 0 aliphatic rings. The Bertz CT molecular complexity index is 142. The Labute approximate surface area is 90.9 Å². The Balaban J connectivity index is 3.98. The smallest absolute Gasteiger partial charge is 0.00387 e. The molecule has 0 N–H and O–H groups in total. The van der Waals surface area contributed by atoms with E-state index in [9.17, 15) is 0 Å². The van der Waals surface area contributed by atoms with Gasteiger partial charge in [-0.2, -0.15) is 0 Å². The summed E-state index contributed by atoms with van der Waals surface area (Å²) in [6.45, 7) is 18.6. The maximum absolute atomic E-state index is 2.59. The van der Waals surface area contributed by atoms with E-state index in [1.165, 1.54) is 19.5 Å². The molecule has 0 aromatic heterocycles. The lowest BCUT2D eigenvalue weighted by molar-refractivity contribution is 0.171. The molecule has 0 bridgehead atoms. The van der Waals surface area contributed by atoms with Gasteiger partial charge in [0.25, 0.3) is 0 Å². The Morgan fingerprint density at radius 1 is 1.00 bits per heavy atom. The molecule has 0 amide bonds. The van der Waals surface area contributed by atoms with Crippen LogP contribution in [0.3, 0.4) is 0 Å². The van der Waals surface area contributed by atoms with Crippen molar-refractivity contribution in [2.24, 2.45) is 11.3 Å². The summed E-state index contributed by atoms with van der Waals surface area (Å²) in [7, 11) is 0. The lowest BCUT2D eigenvalue weighted by Crippen LogP contribution is -2.36. The first-order valence-electron chi connectivity index (χ1n) is 5.96. The van der Waals surface area contributed by atoms with Gasteiger partial charge in [-0.1, -0.05) is 34.6 Å². The highest BCUT2D eigenvalue weighted by Gasteiger charge is 2.15. The molecular weight excluding hydrogens is 170 g/mol. The normalized spacial score (nSPS) is 13.3. The minimum atomic E-state index is 0.462. The van der Waals surface area contributed by atoms with E-state index in [0.29, 0.717) is 11.5 Å². The van der Waals surface area contributed by atoms with Crippen LogP contribution in [0.1, 0.15) is 54.9 Å². The summed E-state index contributed by atoms with van der Waals surface area (Å²) in [4.78, 5) is 2.59. The van der Waals surface area contributed by atoms with Gasteiger partial charge in [0.05, 0.1) is 0 Å². The maximum Gasteiger partial charge on any atom is 0.00387 e. The molecule has 0 radical (unpaired) electrons. The SMILES string of the molecule is CC(C)CN(CCC(C)(C)C)C(C)C. The number of nitrogens with zero attached hydrogens (tertiary/aromatic N) is 1. The van der Waals surface area contributed by atoms with Crippen LogP contribution in [0.2, 0.25) is 0 Å². The second-order valence-corrected chi connectivity index (χ2v) is 6.29. The number of rotatable bonds is 5. The fourth-order valence-electron chi connectivity index (χ4n) is 1.51. The number of hydrogen-bond acceptors (Lipinski definition) is 1. The molecule has 0 atom stereocenters. The van der Waals surface area contributed by atoms with Gasteiger partial charge in [-0.05, 0) is 38.1 Å². The quantitative estimate of drug-likeness (QED) is 0.651. The zero-order valence-corrected chi connectivity index (χ0v) is 11.2. The first kappa shape index (κ1) is 14.0. The van der Waals surface area contributed by atoms with Crippen LogP contribution in [0.5, 0.6) is 0 Å². The van der Waals surface area contributed by atoms with Gasteiger partial charge < -0.3 is 4.90 Å². The summed E-state index contributed by atoms with van der Waals surface area (Å²) in [6, 6.07) is 0.680. The second-order valence-electron chi connectivity index (χ2n) is 6.29. The van der Waals surface area contributed by atoms with E-state index < -0.39 is 0 Å². The van der Waals surface area contributed by atoms with E-state index in [0.717, 1.165) is 5.92 Å². The zero-order chi connectivity index (χ0) is 11.4. The van der Waals surface area contributed by atoms with Crippen LogP contribution in [0.25, 0.3) is 0 Å². The first-order chi connectivity index (χ1) is 6.22. The average Bonchev–Trinajstić information content (AvgIpc) is 1.94. The maximum atomic E-state index is 2.59. The molecule has 1 heteroatoms. The van der Waals surface area contributed by atoms with Gasteiger partial charge >= 0.3 is 0 Å². The van der Waals surface area contributed by atoms with Crippen LogP contribution >= 0.6 is 0 Å². The Kier molecular flexibility index (Phi) is 5.73. The van der Waals surface area contributed by atoms with Crippen molar-refractivity contribution in [3.8, 4) is 0 Å². The molecule has 0 heterocycles. The molecule has 0 rings (SSSR count). The highest BCUT2D eigenvalue weighted by molar-refractivity contribution is 4.69. The van der Waals surface area contributed by atoms with E-state index in [1.807, 2.05) is 0 Å². The summed E-state index contributed by atoms with van der Waals surface area (Å²) in [6.07, 6.45) is 1.29. The molecule has 0 spiro atoms. The minimum Gasteiger partial charge on any atom is -0.301 e. The van der Waals surface area contributed by atoms with E-state index in [-0.39, 0.29) is 0 Å². The molecule has 0 fully saturated rings. The van der Waals surface area contributed by atoms with Crippen molar-refractivity contribution in [1.29, 1.82) is 0 Å². The largest absolute Gasteiger partial charge is 0.301 e. The van der Waals surface area contributed by atoms with Gasteiger partial charge in [0, 0.05) is 12.6 Å². The molecule has 0 saturated heterocycles. The Hall–Kier alpha value is -0.0400. The first-order valence-corrected chi connectivity index (χ1v) is 5.96. The molecule has 14 heavy (non-hydrogen) atoms. The van der Waals surface area contributed by atoms with Crippen molar-refractivity contribution in [2.75, 3.05) is 13.1 Å². The third kappa shape index (κ3) is 7.37. The van der Waals surface area contributed by atoms with E-state index in [2.05, 4.69) is 53.4 Å². The van der Waals surface area contributed by atoms with Crippen LogP contribution in [-0.4, -0.2) is 24.0 Å². The third-order valence-corrected chi connectivity index (χ3v) is 2.48. The van der Waals surface area contributed by atoms with Gasteiger partial charge in [0.1, 0.15) is 0 Å². The van der Waals surface area contributed by atoms with Gasteiger partial charge in [-0.3, -0.25) is 0 Å². The molecule has 0 unspecified atom stereocenters. The molecule has 0 saturated carbocycles. The molecule has 0 aliphatic heterocycles. The van der Waals surface area contributed by atoms with Crippen molar-refractivity contribution in [3.63, 3.8) is 0 Å². The molecular formula is C13H29N. The topological polar surface area (TPSA) is 3.24 Å². The summed E-state index contributed by atoms with van der Waals surface area (Å²) < 4.78 is 0. The van der Waals surface area contributed by atoms with E-state index in [1.54, 1.807) is 0 Å². The summed E-state index contributed by atoms with van der Waals surface area (Å²) in [5.74, 6) is 0.775. The van der Waals surface area contributed by atoms with Gasteiger partial charge in [-0.15, -0.1) is 0 Å². The fourth-order valence-corrected chi connectivity index (χ4v) is 1.51. The van der Waals surface area contributed by atoms with Crippen LogP contribution in [0, 0.1) is 11.3 Å². The van der Waals surface area contributed by atoms with Crippen LogP contribution in [0.15, 0.2) is 0 Å².